The molecule has 1 aromatic carbocycles. The van der Waals surface area contributed by atoms with Gasteiger partial charge < -0.3 is 14.8 Å². The summed E-state index contributed by atoms with van der Waals surface area (Å²) >= 11 is 0. The Balaban J connectivity index is 2.84. The van der Waals surface area contributed by atoms with Crippen molar-refractivity contribution in [2.24, 2.45) is 0 Å². The predicted octanol–water partition coefficient (Wildman–Crippen LogP) is 1.02. The number of ether oxygens (including phenoxy) is 1. The Labute approximate surface area is 90.3 Å². The molecule has 0 aliphatic carbocycles. The maximum Gasteiger partial charge on any atom is 0.338 e. The molecule has 0 saturated heterocycles. The lowest BCUT2D eigenvalue weighted by atomic mass is 10.1. The smallest absolute Gasteiger partial charge is 0.338 e. The van der Waals surface area contributed by atoms with Crippen LogP contribution < -0.4 is 5.56 Å². The van der Waals surface area contributed by atoms with Crippen molar-refractivity contribution in [3.8, 4) is 5.75 Å². The zero-order valence-corrected chi connectivity index (χ0v) is 8.48. The number of carbonyl (C=O) groups is 1. The molecule has 16 heavy (non-hydrogen) atoms. The summed E-state index contributed by atoms with van der Waals surface area (Å²) in [5.41, 5.74) is 0.224. The van der Waals surface area contributed by atoms with E-state index in [0.717, 1.165) is 6.07 Å². The molecular formula is C11H9NO4. The van der Waals surface area contributed by atoms with Gasteiger partial charge in [-0.15, -0.1) is 0 Å². The number of hydrogen-bond acceptors (Lipinski definition) is 4. The van der Waals surface area contributed by atoms with E-state index < -0.39 is 11.5 Å². The molecular weight excluding hydrogens is 210 g/mol. The summed E-state index contributed by atoms with van der Waals surface area (Å²) < 4.78 is 4.57. The average molecular weight is 219 g/mol. The van der Waals surface area contributed by atoms with E-state index in [9.17, 15) is 14.7 Å². The van der Waals surface area contributed by atoms with Crippen molar-refractivity contribution in [1.29, 1.82) is 0 Å². The third kappa shape index (κ3) is 1.63. The summed E-state index contributed by atoms with van der Waals surface area (Å²) in [6.45, 7) is 0. The number of nitrogens with one attached hydrogen (secondary N) is 1. The van der Waals surface area contributed by atoms with Crippen LogP contribution in [-0.2, 0) is 4.74 Å². The van der Waals surface area contributed by atoms with E-state index in [1.165, 1.54) is 25.3 Å². The molecule has 5 heteroatoms. The van der Waals surface area contributed by atoms with E-state index in [1.54, 1.807) is 0 Å². The van der Waals surface area contributed by atoms with Crippen LogP contribution in [0.5, 0.6) is 5.75 Å². The van der Waals surface area contributed by atoms with Gasteiger partial charge in [-0.3, -0.25) is 4.79 Å². The summed E-state index contributed by atoms with van der Waals surface area (Å²) in [5.74, 6) is -0.591. The first-order valence-corrected chi connectivity index (χ1v) is 4.56. The van der Waals surface area contributed by atoms with E-state index in [-0.39, 0.29) is 11.3 Å². The van der Waals surface area contributed by atoms with Crippen LogP contribution in [0.4, 0.5) is 0 Å². The SMILES string of the molecule is COC(=O)c1cc(=O)[nH]c2ccc(O)cc12. The maximum atomic E-state index is 11.4. The van der Waals surface area contributed by atoms with Gasteiger partial charge in [0.05, 0.1) is 12.7 Å². The number of fused-ring (bicyclic) bond motifs is 1. The molecule has 0 saturated carbocycles. The van der Waals surface area contributed by atoms with E-state index >= 15 is 0 Å². The lowest BCUT2D eigenvalue weighted by molar-refractivity contribution is 0.0603. The summed E-state index contributed by atoms with van der Waals surface area (Å²) in [6.07, 6.45) is 0. The average Bonchev–Trinajstić information content (AvgIpc) is 2.27. The monoisotopic (exact) mass is 219 g/mol. The highest BCUT2D eigenvalue weighted by molar-refractivity contribution is 6.03. The highest BCUT2D eigenvalue weighted by Gasteiger charge is 2.12. The minimum atomic E-state index is -0.610. The number of benzene rings is 1. The summed E-state index contributed by atoms with van der Waals surface area (Å²) in [4.78, 5) is 25.3. The van der Waals surface area contributed by atoms with Crippen LogP contribution in [0, 0.1) is 0 Å². The van der Waals surface area contributed by atoms with Gasteiger partial charge in [-0.25, -0.2) is 4.79 Å². The lowest BCUT2D eigenvalue weighted by Gasteiger charge is -2.04. The van der Waals surface area contributed by atoms with Crippen LogP contribution in [-0.4, -0.2) is 23.2 Å². The number of hydrogen-bond donors (Lipinski definition) is 2. The van der Waals surface area contributed by atoms with Crippen LogP contribution in [0.1, 0.15) is 10.4 Å². The fourth-order valence-electron chi connectivity index (χ4n) is 1.52. The minimum absolute atomic E-state index is 0.0182. The standard InChI is InChI=1S/C11H9NO4/c1-16-11(15)8-5-10(14)12-9-3-2-6(13)4-7(8)9/h2-5,13H,1H3,(H,12,14). The second kappa shape index (κ2) is 3.69. The quantitative estimate of drug-likeness (QED) is 0.702. The Morgan fingerprint density at radius 2 is 2.12 bits per heavy atom. The number of phenolic OH excluding ortho intramolecular Hbond substituents is 1. The van der Waals surface area contributed by atoms with E-state index in [1.807, 2.05) is 0 Å². The van der Waals surface area contributed by atoms with E-state index in [2.05, 4.69) is 9.72 Å². The number of phenols is 1. The molecule has 0 unspecified atom stereocenters. The third-order valence-corrected chi connectivity index (χ3v) is 2.23. The van der Waals surface area contributed by atoms with Crippen LogP contribution in [0.3, 0.4) is 0 Å². The molecule has 0 spiro atoms. The predicted molar refractivity (Wildman–Crippen MR) is 57.6 cm³/mol. The highest BCUT2D eigenvalue weighted by atomic mass is 16.5. The molecule has 0 atom stereocenters. The molecule has 0 amide bonds. The van der Waals surface area contributed by atoms with Crippen molar-refractivity contribution in [1.82, 2.24) is 4.98 Å². The fourth-order valence-corrected chi connectivity index (χ4v) is 1.52. The first-order valence-electron chi connectivity index (χ1n) is 4.56. The van der Waals surface area contributed by atoms with Gasteiger partial charge in [0.2, 0.25) is 5.56 Å². The largest absolute Gasteiger partial charge is 0.508 e. The van der Waals surface area contributed by atoms with Crippen molar-refractivity contribution in [3.63, 3.8) is 0 Å². The second-order valence-corrected chi connectivity index (χ2v) is 3.27. The Hall–Kier alpha value is -2.30. The first kappa shape index (κ1) is 10.2. The van der Waals surface area contributed by atoms with Gasteiger partial charge in [0.25, 0.3) is 0 Å². The number of aromatic hydroxyl groups is 1. The summed E-state index contributed by atoms with van der Waals surface area (Å²) in [5, 5.41) is 9.78. The molecule has 2 aromatic rings. The van der Waals surface area contributed by atoms with E-state index in [0.29, 0.717) is 10.9 Å². The normalized spacial score (nSPS) is 10.3. The molecule has 0 aliphatic rings. The number of carbonyl (C=O) groups excluding carboxylic acids is 1. The van der Waals surface area contributed by atoms with Gasteiger partial charge in [0.15, 0.2) is 0 Å². The number of aromatic nitrogens is 1. The molecule has 0 bridgehead atoms. The van der Waals surface area contributed by atoms with Crippen LogP contribution >= 0.6 is 0 Å². The number of aromatic amines is 1. The van der Waals surface area contributed by atoms with Gasteiger partial charge in [-0.1, -0.05) is 0 Å². The topological polar surface area (TPSA) is 79.4 Å². The van der Waals surface area contributed by atoms with Gasteiger partial charge in [0, 0.05) is 17.0 Å². The van der Waals surface area contributed by atoms with Gasteiger partial charge in [-0.05, 0) is 18.2 Å². The number of pyridine rings is 1. The molecule has 82 valence electrons. The van der Waals surface area contributed by atoms with Crippen molar-refractivity contribution in [2.75, 3.05) is 7.11 Å². The molecule has 5 nitrogen and oxygen atoms in total. The third-order valence-electron chi connectivity index (χ3n) is 2.23. The fraction of sp³-hybridized carbons (Fsp3) is 0.0909. The van der Waals surface area contributed by atoms with Crippen molar-refractivity contribution >= 4 is 16.9 Å². The van der Waals surface area contributed by atoms with Crippen LogP contribution in [0.25, 0.3) is 10.9 Å². The molecule has 2 rings (SSSR count). The molecule has 1 aromatic heterocycles. The number of esters is 1. The zero-order chi connectivity index (χ0) is 11.7. The highest BCUT2D eigenvalue weighted by Crippen LogP contribution is 2.20. The lowest BCUT2D eigenvalue weighted by Crippen LogP contribution is -2.11. The van der Waals surface area contributed by atoms with Crippen molar-refractivity contribution in [2.45, 2.75) is 0 Å². The van der Waals surface area contributed by atoms with Crippen LogP contribution in [0.2, 0.25) is 0 Å². The Morgan fingerprint density at radius 1 is 1.38 bits per heavy atom. The van der Waals surface area contributed by atoms with Gasteiger partial charge in [0.1, 0.15) is 5.75 Å². The zero-order valence-electron chi connectivity index (χ0n) is 8.48. The molecule has 0 fully saturated rings. The molecule has 0 aliphatic heterocycles. The Kier molecular flexibility index (Phi) is 2.36. The van der Waals surface area contributed by atoms with Gasteiger partial charge >= 0.3 is 5.97 Å². The molecule has 1 heterocycles. The molecule has 2 N–H and O–H groups in total. The molecule has 0 radical (unpaired) electrons. The van der Waals surface area contributed by atoms with Crippen molar-refractivity contribution in [3.05, 3.63) is 40.2 Å². The van der Waals surface area contributed by atoms with Crippen molar-refractivity contribution < 1.29 is 14.6 Å². The van der Waals surface area contributed by atoms with Gasteiger partial charge in [-0.2, -0.15) is 0 Å². The number of H-pyrrole nitrogens is 1. The van der Waals surface area contributed by atoms with Crippen LogP contribution in [0.15, 0.2) is 29.1 Å². The number of methoxy groups -OCH3 is 1. The Bertz CT molecular complexity index is 615. The second-order valence-electron chi connectivity index (χ2n) is 3.27. The Morgan fingerprint density at radius 3 is 2.81 bits per heavy atom. The first-order chi connectivity index (χ1) is 7.61. The minimum Gasteiger partial charge on any atom is -0.508 e. The summed E-state index contributed by atoms with van der Waals surface area (Å²) in [7, 11) is 1.23. The maximum absolute atomic E-state index is 11.4. The summed E-state index contributed by atoms with van der Waals surface area (Å²) in [6, 6.07) is 5.50. The van der Waals surface area contributed by atoms with E-state index in [4.69, 9.17) is 0 Å². The number of rotatable bonds is 1.